The molecule has 2 rings (SSSR count). The first-order chi connectivity index (χ1) is 8.58. The normalized spacial score (nSPS) is 10.3. The second-order valence-corrected chi connectivity index (χ2v) is 3.62. The Kier molecular flexibility index (Phi) is 3.18. The van der Waals surface area contributed by atoms with Crippen LogP contribution in [0.4, 0.5) is 15.8 Å². The molecule has 0 spiro atoms. The number of nitro groups is 1. The Labute approximate surface area is 101 Å². The molecule has 0 amide bonds. The van der Waals surface area contributed by atoms with Gasteiger partial charge in [-0.05, 0) is 6.07 Å². The highest BCUT2D eigenvalue weighted by atomic mass is 19.1. The van der Waals surface area contributed by atoms with E-state index in [0.29, 0.717) is 6.54 Å². The van der Waals surface area contributed by atoms with Crippen molar-refractivity contribution in [3.05, 3.63) is 46.0 Å². The van der Waals surface area contributed by atoms with Gasteiger partial charge in [0.05, 0.1) is 35.1 Å². The Bertz CT molecular complexity index is 583. The molecule has 0 saturated heterocycles. The Hall–Kier alpha value is -2.51. The van der Waals surface area contributed by atoms with Gasteiger partial charge >= 0.3 is 0 Å². The Morgan fingerprint density at radius 2 is 2.33 bits per heavy atom. The number of aryl methyl sites for hydroxylation is 1. The van der Waals surface area contributed by atoms with Gasteiger partial charge in [-0.1, -0.05) is 5.21 Å². The van der Waals surface area contributed by atoms with E-state index in [0.717, 1.165) is 11.8 Å². The van der Waals surface area contributed by atoms with Crippen molar-refractivity contribution in [1.82, 2.24) is 15.0 Å². The van der Waals surface area contributed by atoms with Crippen LogP contribution in [0.1, 0.15) is 5.69 Å². The van der Waals surface area contributed by atoms with Gasteiger partial charge in [0.2, 0.25) is 0 Å². The third-order valence-electron chi connectivity index (χ3n) is 2.43. The third kappa shape index (κ3) is 2.42. The molecule has 0 fully saturated rings. The van der Waals surface area contributed by atoms with Gasteiger partial charge in [0, 0.05) is 13.1 Å². The fourth-order valence-electron chi connectivity index (χ4n) is 1.42. The molecular weight excluding hydrogens is 241 g/mol. The lowest BCUT2D eigenvalue weighted by molar-refractivity contribution is -0.385. The van der Waals surface area contributed by atoms with Crippen LogP contribution in [0.3, 0.4) is 0 Å². The van der Waals surface area contributed by atoms with Crippen molar-refractivity contribution in [2.45, 2.75) is 6.54 Å². The average molecular weight is 251 g/mol. The van der Waals surface area contributed by atoms with Crippen LogP contribution in [0, 0.1) is 15.9 Å². The minimum absolute atomic E-state index is 0.196. The van der Waals surface area contributed by atoms with Gasteiger partial charge in [0.25, 0.3) is 5.69 Å². The van der Waals surface area contributed by atoms with Crippen LogP contribution in [0.5, 0.6) is 0 Å². The number of hydrogen-bond acceptors (Lipinski definition) is 5. The first kappa shape index (κ1) is 12.0. The highest BCUT2D eigenvalue weighted by Crippen LogP contribution is 2.20. The number of benzene rings is 1. The number of non-ortho nitro benzene ring substituents is 1. The van der Waals surface area contributed by atoms with Crippen LogP contribution < -0.4 is 5.32 Å². The molecule has 0 saturated carbocycles. The molecule has 0 bridgehead atoms. The summed E-state index contributed by atoms with van der Waals surface area (Å²) in [7, 11) is 1.72. The summed E-state index contributed by atoms with van der Waals surface area (Å²) in [6.07, 6.45) is 1.55. The van der Waals surface area contributed by atoms with Gasteiger partial charge in [-0.15, -0.1) is 5.10 Å². The summed E-state index contributed by atoms with van der Waals surface area (Å²) in [4.78, 5) is 9.81. The van der Waals surface area contributed by atoms with Crippen LogP contribution in [0.2, 0.25) is 0 Å². The van der Waals surface area contributed by atoms with Crippen molar-refractivity contribution in [3.63, 3.8) is 0 Å². The van der Waals surface area contributed by atoms with E-state index in [9.17, 15) is 14.5 Å². The van der Waals surface area contributed by atoms with Gasteiger partial charge in [0.15, 0.2) is 5.82 Å². The molecule has 2 aromatic rings. The lowest BCUT2D eigenvalue weighted by Crippen LogP contribution is -2.06. The van der Waals surface area contributed by atoms with E-state index in [-0.39, 0.29) is 11.4 Å². The highest BCUT2D eigenvalue weighted by Gasteiger charge is 2.10. The summed E-state index contributed by atoms with van der Waals surface area (Å²) >= 11 is 0. The molecule has 8 heteroatoms. The van der Waals surface area contributed by atoms with E-state index in [2.05, 4.69) is 15.6 Å². The van der Waals surface area contributed by atoms with E-state index in [1.807, 2.05) is 0 Å². The van der Waals surface area contributed by atoms with Crippen LogP contribution >= 0.6 is 0 Å². The molecule has 0 aliphatic rings. The lowest BCUT2D eigenvalue weighted by atomic mass is 10.2. The number of halogens is 1. The van der Waals surface area contributed by atoms with Gasteiger partial charge in [-0.25, -0.2) is 4.39 Å². The van der Waals surface area contributed by atoms with Crippen molar-refractivity contribution in [1.29, 1.82) is 0 Å². The van der Waals surface area contributed by atoms with Crippen LogP contribution in [-0.4, -0.2) is 19.9 Å². The molecule has 0 radical (unpaired) electrons. The maximum Gasteiger partial charge on any atom is 0.272 e. The van der Waals surface area contributed by atoms with E-state index < -0.39 is 10.7 Å². The zero-order chi connectivity index (χ0) is 13.1. The summed E-state index contributed by atoms with van der Waals surface area (Å²) < 4.78 is 15.1. The zero-order valence-corrected chi connectivity index (χ0v) is 9.50. The number of hydrogen-bond donors (Lipinski definition) is 1. The first-order valence-corrected chi connectivity index (χ1v) is 5.09. The first-order valence-electron chi connectivity index (χ1n) is 5.09. The van der Waals surface area contributed by atoms with Crippen molar-refractivity contribution in [3.8, 4) is 0 Å². The fourth-order valence-corrected chi connectivity index (χ4v) is 1.42. The minimum atomic E-state index is -0.667. The van der Waals surface area contributed by atoms with E-state index in [1.165, 1.54) is 12.1 Å². The molecule has 1 heterocycles. The molecule has 1 aromatic carbocycles. The smallest absolute Gasteiger partial charge is 0.272 e. The summed E-state index contributed by atoms with van der Waals surface area (Å²) in [5.41, 5.74) is 0.690. The lowest BCUT2D eigenvalue weighted by Gasteiger charge is -2.06. The van der Waals surface area contributed by atoms with Gasteiger partial charge < -0.3 is 5.32 Å². The monoisotopic (exact) mass is 251 g/mol. The van der Waals surface area contributed by atoms with E-state index >= 15 is 0 Å². The van der Waals surface area contributed by atoms with Crippen LogP contribution in [-0.2, 0) is 13.6 Å². The van der Waals surface area contributed by atoms with E-state index in [4.69, 9.17) is 0 Å². The number of aromatic nitrogens is 3. The average Bonchev–Trinajstić information content (AvgIpc) is 2.73. The maximum absolute atomic E-state index is 13.5. The van der Waals surface area contributed by atoms with E-state index in [1.54, 1.807) is 17.9 Å². The quantitative estimate of drug-likeness (QED) is 0.657. The molecule has 1 aromatic heterocycles. The van der Waals surface area contributed by atoms with Crippen molar-refractivity contribution < 1.29 is 9.31 Å². The molecule has 0 aliphatic carbocycles. The van der Waals surface area contributed by atoms with Crippen molar-refractivity contribution in [2.75, 3.05) is 5.32 Å². The Balaban J connectivity index is 2.11. The third-order valence-corrected chi connectivity index (χ3v) is 2.43. The minimum Gasteiger partial charge on any atom is -0.377 e. The molecular formula is C10H10FN5O2. The van der Waals surface area contributed by atoms with Gasteiger partial charge in [-0.2, -0.15) is 0 Å². The SMILES string of the molecule is Cn1nncc1CNc1ccc([N+](=O)[O-])cc1F. The Morgan fingerprint density at radius 3 is 2.89 bits per heavy atom. The number of nitrogens with one attached hydrogen (secondary N) is 1. The standard InChI is InChI=1S/C10H10FN5O2/c1-15-8(6-13-14-15)5-12-10-3-2-7(16(17)18)4-9(10)11/h2-4,6,12H,5H2,1H3. The maximum atomic E-state index is 13.5. The second-order valence-electron chi connectivity index (χ2n) is 3.62. The molecule has 1 N–H and O–H groups in total. The Morgan fingerprint density at radius 1 is 1.56 bits per heavy atom. The summed E-state index contributed by atoms with van der Waals surface area (Å²) in [5, 5.41) is 20.7. The molecule has 7 nitrogen and oxygen atoms in total. The number of anilines is 1. The van der Waals surface area contributed by atoms with Crippen molar-refractivity contribution in [2.24, 2.45) is 7.05 Å². The van der Waals surface area contributed by atoms with Gasteiger partial charge in [0.1, 0.15) is 0 Å². The predicted octanol–water partition coefficient (Wildman–Crippen LogP) is 1.47. The van der Waals surface area contributed by atoms with Crippen LogP contribution in [0.25, 0.3) is 0 Å². The summed E-state index contributed by atoms with van der Waals surface area (Å²) in [6, 6.07) is 3.45. The predicted molar refractivity (Wildman–Crippen MR) is 61.4 cm³/mol. The zero-order valence-electron chi connectivity index (χ0n) is 9.50. The topological polar surface area (TPSA) is 85.9 Å². The molecule has 18 heavy (non-hydrogen) atoms. The number of nitrogens with zero attached hydrogens (tertiary/aromatic N) is 4. The molecule has 0 aliphatic heterocycles. The molecule has 0 atom stereocenters. The van der Waals surface area contributed by atoms with Crippen LogP contribution in [0.15, 0.2) is 24.4 Å². The number of nitro benzene ring substituents is 1. The summed E-state index contributed by atoms with van der Waals surface area (Å²) in [6.45, 7) is 0.332. The highest BCUT2D eigenvalue weighted by molar-refractivity contribution is 5.50. The number of rotatable bonds is 4. The fraction of sp³-hybridized carbons (Fsp3) is 0.200. The summed E-state index contributed by atoms with van der Waals surface area (Å²) in [5.74, 6) is -0.667. The van der Waals surface area contributed by atoms with Crippen molar-refractivity contribution >= 4 is 11.4 Å². The molecule has 94 valence electrons. The largest absolute Gasteiger partial charge is 0.377 e. The second kappa shape index (κ2) is 4.78. The van der Waals surface area contributed by atoms with Gasteiger partial charge in [-0.3, -0.25) is 14.8 Å². The molecule has 0 unspecified atom stereocenters.